The lowest BCUT2D eigenvalue weighted by atomic mass is 10.1. The van der Waals surface area contributed by atoms with E-state index in [1.165, 1.54) is 5.56 Å². The molecule has 0 unspecified atom stereocenters. The molecule has 0 aliphatic carbocycles. The lowest BCUT2D eigenvalue weighted by molar-refractivity contribution is 0.140. The van der Waals surface area contributed by atoms with Crippen LogP contribution in [0.1, 0.15) is 23.7 Å². The van der Waals surface area contributed by atoms with E-state index in [-0.39, 0.29) is 12.6 Å². The van der Waals surface area contributed by atoms with Crippen molar-refractivity contribution in [2.45, 2.75) is 38.0 Å². The molecular weight excluding hydrogens is 285 g/mol. The molecule has 6 heteroatoms. The van der Waals surface area contributed by atoms with Crippen molar-refractivity contribution in [3.05, 3.63) is 47.6 Å². The van der Waals surface area contributed by atoms with Gasteiger partial charge in [0.1, 0.15) is 6.17 Å². The Labute approximate surface area is 128 Å². The highest BCUT2D eigenvalue weighted by atomic mass is 19.1. The molecule has 0 bridgehead atoms. The summed E-state index contributed by atoms with van der Waals surface area (Å²) in [6, 6.07) is 9.98. The highest BCUT2D eigenvalue weighted by Gasteiger charge is 2.32. The van der Waals surface area contributed by atoms with Gasteiger partial charge in [-0.2, -0.15) is 4.98 Å². The van der Waals surface area contributed by atoms with Crippen molar-refractivity contribution in [1.82, 2.24) is 15.0 Å². The van der Waals surface area contributed by atoms with Gasteiger partial charge in [0, 0.05) is 19.0 Å². The van der Waals surface area contributed by atoms with E-state index >= 15 is 0 Å². The van der Waals surface area contributed by atoms with Crippen molar-refractivity contribution in [2.24, 2.45) is 0 Å². The predicted molar refractivity (Wildman–Crippen MR) is 78.9 cm³/mol. The van der Waals surface area contributed by atoms with Crippen molar-refractivity contribution < 1.29 is 14.0 Å². The number of aryl methyl sites for hydroxylation is 2. The standard InChI is InChI=1S/C16H20FN3O2/c17-13-8-14(11-21)20(9-13)10-16-18-15(19-22-16)7-6-12-4-2-1-3-5-12/h1-5,13-14,21H,6-11H2/t13-,14-/m0/s1. The summed E-state index contributed by atoms with van der Waals surface area (Å²) in [7, 11) is 0. The van der Waals surface area contributed by atoms with Crippen molar-refractivity contribution in [1.29, 1.82) is 0 Å². The third-order valence-corrected chi connectivity index (χ3v) is 4.02. The maximum atomic E-state index is 13.4. The molecule has 1 aliphatic rings. The van der Waals surface area contributed by atoms with Gasteiger partial charge >= 0.3 is 0 Å². The number of benzene rings is 1. The third kappa shape index (κ3) is 3.69. The van der Waals surface area contributed by atoms with Gasteiger partial charge in [0.05, 0.1) is 13.2 Å². The minimum absolute atomic E-state index is 0.0462. The SMILES string of the molecule is OC[C@@H]1C[C@H](F)CN1Cc1nc(CCc2ccccc2)no1. The molecule has 3 rings (SSSR count). The van der Waals surface area contributed by atoms with Gasteiger partial charge in [-0.1, -0.05) is 35.5 Å². The lowest BCUT2D eigenvalue weighted by Crippen LogP contribution is -2.31. The second-order valence-electron chi connectivity index (χ2n) is 5.69. The van der Waals surface area contributed by atoms with Crippen LogP contribution in [0.2, 0.25) is 0 Å². The molecular formula is C16H20FN3O2. The number of rotatable bonds is 6. The first-order valence-electron chi connectivity index (χ1n) is 7.59. The fraction of sp³-hybridized carbons (Fsp3) is 0.500. The summed E-state index contributed by atoms with van der Waals surface area (Å²) < 4.78 is 18.6. The Bertz CT molecular complexity index is 590. The molecule has 5 nitrogen and oxygen atoms in total. The van der Waals surface area contributed by atoms with Crippen LogP contribution in [0.5, 0.6) is 0 Å². The Morgan fingerprint density at radius 2 is 2.09 bits per heavy atom. The van der Waals surface area contributed by atoms with Gasteiger partial charge in [-0.25, -0.2) is 4.39 Å². The number of aliphatic hydroxyl groups excluding tert-OH is 1. The van der Waals surface area contributed by atoms with Crippen LogP contribution in [0.3, 0.4) is 0 Å². The average molecular weight is 305 g/mol. The van der Waals surface area contributed by atoms with Gasteiger partial charge in [0.15, 0.2) is 5.82 Å². The second-order valence-corrected chi connectivity index (χ2v) is 5.69. The zero-order valence-electron chi connectivity index (χ0n) is 12.4. The molecule has 1 N–H and O–H groups in total. The summed E-state index contributed by atoms with van der Waals surface area (Å²) in [6.45, 7) is 0.659. The molecule has 0 radical (unpaired) electrons. The number of hydrogen-bond donors (Lipinski definition) is 1. The monoisotopic (exact) mass is 305 g/mol. The Balaban J connectivity index is 1.55. The van der Waals surface area contributed by atoms with E-state index in [0.29, 0.717) is 37.6 Å². The Morgan fingerprint density at radius 1 is 1.27 bits per heavy atom. The van der Waals surface area contributed by atoms with Crippen molar-refractivity contribution >= 4 is 0 Å². The number of halogens is 1. The molecule has 2 aromatic rings. The minimum Gasteiger partial charge on any atom is -0.395 e. The Kier molecular flexibility index (Phi) is 4.80. The van der Waals surface area contributed by atoms with Crippen molar-refractivity contribution in [3.8, 4) is 0 Å². The van der Waals surface area contributed by atoms with Crippen LogP contribution in [0, 0.1) is 0 Å². The number of nitrogens with zero attached hydrogens (tertiary/aromatic N) is 3. The highest BCUT2D eigenvalue weighted by Crippen LogP contribution is 2.21. The number of alkyl halides is 1. The zero-order valence-corrected chi connectivity index (χ0v) is 12.4. The van der Waals surface area contributed by atoms with Crippen LogP contribution in [-0.2, 0) is 19.4 Å². The molecule has 2 atom stereocenters. The molecule has 1 aliphatic heterocycles. The van der Waals surface area contributed by atoms with Crippen LogP contribution in [-0.4, -0.2) is 45.5 Å². The second kappa shape index (κ2) is 6.98. The summed E-state index contributed by atoms with van der Waals surface area (Å²) in [5.74, 6) is 1.14. The fourth-order valence-electron chi connectivity index (χ4n) is 2.84. The largest absolute Gasteiger partial charge is 0.395 e. The van der Waals surface area contributed by atoms with E-state index in [2.05, 4.69) is 22.3 Å². The maximum absolute atomic E-state index is 13.4. The third-order valence-electron chi connectivity index (χ3n) is 4.02. The number of hydrogen-bond acceptors (Lipinski definition) is 5. The Hall–Kier alpha value is -1.79. The van der Waals surface area contributed by atoms with E-state index in [9.17, 15) is 9.50 Å². The normalized spacial score (nSPS) is 22.3. The maximum Gasteiger partial charge on any atom is 0.240 e. The van der Waals surface area contributed by atoms with Crippen LogP contribution >= 0.6 is 0 Å². The summed E-state index contributed by atoms with van der Waals surface area (Å²) >= 11 is 0. The lowest BCUT2D eigenvalue weighted by Gasteiger charge is -2.19. The predicted octanol–water partition coefficient (Wildman–Crippen LogP) is 1.76. The van der Waals surface area contributed by atoms with E-state index < -0.39 is 6.17 Å². The van der Waals surface area contributed by atoms with Gasteiger partial charge in [0.2, 0.25) is 5.89 Å². The number of likely N-dealkylation sites (tertiary alicyclic amines) is 1. The van der Waals surface area contributed by atoms with Crippen LogP contribution in [0.15, 0.2) is 34.9 Å². The fourth-order valence-corrected chi connectivity index (χ4v) is 2.84. The van der Waals surface area contributed by atoms with E-state index in [1.807, 2.05) is 23.1 Å². The van der Waals surface area contributed by atoms with Crippen LogP contribution < -0.4 is 0 Å². The molecule has 118 valence electrons. The first kappa shape index (κ1) is 15.1. The topological polar surface area (TPSA) is 62.4 Å². The van der Waals surface area contributed by atoms with Gasteiger partial charge in [-0.15, -0.1) is 0 Å². The molecule has 0 amide bonds. The smallest absolute Gasteiger partial charge is 0.240 e. The van der Waals surface area contributed by atoms with E-state index in [4.69, 9.17) is 4.52 Å². The van der Waals surface area contributed by atoms with Crippen LogP contribution in [0.25, 0.3) is 0 Å². The van der Waals surface area contributed by atoms with Gasteiger partial charge in [-0.05, 0) is 18.4 Å². The first-order chi connectivity index (χ1) is 10.7. The molecule has 22 heavy (non-hydrogen) atoms. The molecule has 1 aromatic heterocycles. The molecule has 0 spiro atoms. The quantitative estimate of drug-likeness (QED) is 0.881. The summed E-state index contributed by atoms with van der Waals surface area (Å²) in [5, 5.41) is 13.2. The molecule has 1 saturated heterocycles. The summed E-state index contributed by atoms with van der Waals surface area (Å²) in [6.07, 6.45) is 1.04. The van der Waals surface area contributed by atoms with Crippen molar-refractivity contribution in [2.75, 3.05) is 13.2 Å². The zero-order chi connectivity index (χ0) is 15.4. The molecule has 2 heterocycles. The average Bonchev–Trinajstić information content (AvgIpc) is 3.13. The molecule has 1 aromatic carbocycles. The molecule has 1 fully saturated rings. The summed E-state index contributed by atoms with van der Waals surface area (Å²) in [5.41, 5.74) is 1.23. The highest BCUT2D eigenvalue weighted by molar-refractivity contribution is 5.15. The number of aliphatic hydroxyl groups is 1. The Morgan fingerprint density at radius 3 is 2.86 bits per heavy atom. The van der Waals surface area contributed by atoms with E-state index in [1.54, 1.807) is 0 Å². The first-order valence-corrected chi connectivity index (χ1v) is 7.59. The van der Waals surface area contributed by atoms with Gasteiger partial charge < -0.3 is 9.63 Å². The molecule has 0 saturated carbocycles. The van der Waals surface area contributed by atoms with Crippen molar-refractivity contribution in [3.63, 3.8) is 0 Å². The minimum atomic E-state index is -0.891. The van der Waals surface area contributed by atoms with E-state index in [0.717, 1.165) is 6.42 Å². The van der Waals surface area contributed by atoms with Gasteiger partial charge in [0.25, 0.3) is 0 Å². The number of aromatic nitrogens is 2. The summed E-state index contributed by atoms with van der Waals surface area (Å²) in [4.78, 5) is 6.22. The van der Waals surface area contributed by atoms with Gasteiger partial charge in [-0.3, -0.25) is 4.90 Å². The van der Waals surface area contributed by atoms with Crippen LogP contribution in [0.4, 0.5) is 4.39 Å².